The first-order valence-electron chi connectivity index (χ1n) is 5.69. The lowest BCUT2D eigenvalue weighted by Crippen LogP contribution is -2.24. The Hall–Kier alpha value is -0.860. The Morgan fingerprint density at radius 1 is 1.40 bits per heavy atom. The largest absolute Gasteiger partial charge is 0.383 e. The number of rotatable bonds is 5. The highest BCUT2D eigenvalue weighted by Crippen LogP contribution is 2.31. The lowest BCUT2D eigenvalue weighted by molar-refractivity contribution is 0.199. The maximum Gasteiger partial charge on any atom is 0.0587 e. The summed E-state index contributed by atoms with van der Waals surface area (Å²) < 4.78 is 5.01. The number of ether oxygens (including phenoxy) is 1. The van der Waals surface area contributed by atoms with E-state index in [4.69, 9.17) is 4.74 Å². The third-order valence-electron chi connectivity index (χ3n) is 3.13. The van der Waals surface area contributed by atoms with E-state index in [1.807, 2.05) is 0 Å². The van der Waals surface area contributed by atoms with Gasteiger partial charge in [-0.2, -0.15) is 0 Å². The molecule has 1 aliphatic rings. The average Bonchev–Trinajstić information content (AvgIpc) is 2.68. The van der Waals surface area contributed by atoms with Crippen molar-refractivity contribution in [3.63, 3.8) is 0 Å². The van der Waals surface area contributed by atoms with E-state index >= 15 is 0 Å². The van der Waals surface area contributed by atoms with E-state index in [0.717, 1.165) is 19.7 Å². The zero-order valence-electron chi connectivity index (χ0n) is 9.33. The zero-order valence-corrected chi connectivity index (χ0v) is 9.33. The summed E-state index contributed by atoms with van der Waals surface area (Å²) in [5.74, 6) is 0.707. The maximum atomic E-state index is 5.01. The summed E-state index contributed by atoms with van der Waals surface area (Å²) in [7, 11) is 1.74. The Kier molecular flexibility index (Phi) is 3.75. The first kappa shape index (κ1) is 10.7. The average molecular weight is 205 g/mol. The summed E-state index contributed by atoms with van der Waals surface area (Å²) in [4.78, 5) is 0. The van der Waals surface area contributed by atoms with Crippen molar-refractivity contribution >= 4 is 0 Å². The molecule has 1 aliphatic carbocycles. The molecular formula is C13H19NO. The third kappa shape index (κ3) is 2.58. The number of hydrogen-bond donors (Lipinski definition) is 1. The number of fused-ring (bicyclic) bond motifs is 1. The Balaban J connectivity index is 1.85. The first-order chi connectivity index (χ1) is 7.42. The fourth-order valence-corrected chi connectivity index (χ4v) is 2.31. The molecule has 1 unspecified atom stereocenters. The molecule has 1 aromatic carbocycles. The van der Waals surface area contributed by atoms with Gasteiger partial charge < -0.3 is 10.1 Å². The molecule has 2 rings (SSSR count). The van der Waals surface area contributed by atoms with Gasteiger partial charge in [0.05, 0.1) is 6.61 Å². The summed E-state index contributed by atoms with van der Waals surface area (Å²) in [5, 5.41) is 3.44. The van der Waals surface area contributed by atoms with Gasteiger partial charge in [0, 0.05) is 20.2 Å². The van der Waals surface area contributed by atoms with Gasteiger partial charge >= 0.3 is 0 Å². The molecule has 0 fully saturated rings. The van der Waals surface area contributed by atoms with Crippen LogP contribution >= 0.6 is 0 Å². The Labute approximate surface area is 91.6 Å². The maximum absolute atomic E-state index is 5.01. The van der Waals surface area contributed by atoms with Crippen LogP contribution < -0.4 is 5.32 Å². The molecule has 2 heteroatoms. The van der Waals surface area contributed by atoms with E-state index in [9.17, 15) is 0 Å². The molecule has 0 aliphatic heterocycles. The van der Waals surface area contributed by atoms with Crippen LogP contribution in [-0.2, 0) is 11.2 Å². The molecule has 0 radical (unpaired) electrons. The Bertz CT molecular complexity index is 311. The molecule has 1 N–H and O–H groups in total. The van der Waals surface area contributed by atoms with Gasteiger partial charge in [-0.3, -0.25) is 0 Å². The molecule has 1 atom stereocenters. The highest BCUT2D eigenvalue weighted by atomic mass is 16.5. The molecular weight excluding hydrogens is 186 g/mol. The summed E-state index contributed by atoms with van der Waals surface area (Å²) in [5.41, 5.74) is 3.08. The second kappa shape index (κ2) is 5.29. The van der Waals surface area contributed by atoms with Crippen LogP contribution in [0.25, 0.3) is 0 Å². The summed E-state index contributed by atoms with van der Waals surface area (Å²) in [6, 6.07) is 8.81. The van der Waals surface area contributed by atoms with Crippen molar-refractivity contribution in [3.05, 3.63) is 35.4 Å². The highest BCUT2D eigenvalue weighted by Gasteiger charge is 2.20. The molecule has 0 heterocycles. The van der Waals surface area contributed by atoms with Crippen LogP contribution in [0.15, 0.2) is 24.3 Å². The topological polar surface area (TPSA) is 21.3 Å². The second-order valence-electron chi connectivity index (χ2n) is 4.13. The van der Waals surface area contributed by atoms with Gasteiger partial charge in [0.25, 0.3) is 0 Å². The summed E-state index contributed by atoms with van der Waals surface area (Å²) >= 11 is 0. The summed E-state index contributed by atoms with van der Waals surface area (Å²) in [6.07, 6.45) is 2.53. The monoisotopic (exact) mass is 205 g/mol. The highest BCUT2D eigenvalue weighted by molar-refractivity contribution is 5.34. The zero-order chi connectivity index (χ0) is 10.5. The standard InChI is InChI=1S/C13H19NO/c1-15-9-8-14-10-12-7-6-11-4-2-3-5-13(11)12/h2-5,12,14H,6-10H2,1H3. The van der Waals surface area contributed by atoms with Crippen molar-refractivity contribution in [1.29, 1.82) is 0 Å². The molecule has 82 valence electrons. The van der Waals surface area contributed by atoms with E-state index < -0.39 is 0 Å². The minimum Gasteiger partial charge on any atom is -0.383 e. The van der Waals surface area contributed by atoms with E-state index in [-0.39, 0.29) is 0 Å². The molecule has 1 aromatic rings. The van der Waals surface area contributed by atoms with Crippen molar-refractivity contribution in [1.82, 2.24) is 5.32 Å². The number of nitrogens with one attached hydrogen (secondary N) is 1. The van der Waals surface area contributed by atoms with Gasteiger partial charge in [0.1, 0.15) is 0 Å². The van der Waals surface area contributed by atoms with E-state index in [0.29, 0.717) is 5.92 Å². The van der Waals surface area contributed by atoms with Crippen LogP contribution in [-0.4, -0.2) is 26.8 Å². The van der Waals surface area contributed by atoms with E-state index in [2.05, 4.69) is 29.6 Å². The second-order valence-corrected chi connectivity index (χ2v) is 4.13. The normalized spacial score (nSPS) is 19.1. The minimum atomic E-state index is 0.707. The third-order valence-corrected chi connectivity index (χ3v) is 3.13. The fourth-order valence-electron chi connectivity index (χ4n) is 2.31. The predicted octanol–water partition coefficient (Wildman–Crippen LogP) is 1.95. The molecule has 15 heavy (non-hydrogen) atoms. The van der Waals surface area contributed by atoms with Crippen LogP contribution in [0.5, 0.6) is 0 Å². The van der Waals surface area contributed by atoms with Gasteiger partial charge in [-0.05, 0) is 29.9 Å². The van der Waals surface area contributed by atoms with E-state index in [1.54, 1.807) is 12.7 Å². The van der Waals surface area contributed by atoms with E-state index in [1.165, 1.54) is 18.4 Å². The van der Waals surface area contributed by atoms with Crippen molar-refractivity contribution < 1.29 is 4.74 Å². The van der Waals surface area contributed by atoms with Gasteiger partial charge in [0.2, 0.25) is 0 Å². The van der Waals surface area contributed by atoms with Gasteiger partial charge in [-0.25, -0.2) is 0 Å². The molecule has 0 aromatic heterocycles. The molecule has 0 saturated heterocycles. The molecule has 0 bridgehead atoms. The molecule has 0 spiro atoms. The van der Waals surface area contributed by atoms with Crippen molar-refractivity contribution in [2.24, 2.45) is 0 Å². The first-order valence-corrected chi connectivity index (χ1v) is 5.69. The SMILES string of the molecule is COCCNCC1CCc2ccccc21. The van der Waals surface area contributed by atoms with Crippen LogP contribution in [0.3, 0.4) is 0 Å². The lowest BCUT2D eigenvalue weighted by atomic mass is 10.0. The summed E-state index contributed by atoms with van der Waals surface area (Å²) in [6.45, 7) is 2.84. The smallest absolute Gasteiger partial charge is 0.0587 e. The Morgan fingerprint density at radius 2 is 2.27 bits per heavy atom. The molecule has 0 amide bonds. The van der Waals surface area contributed by atoms with Crippen LogP contribution in [0.2, 0.25) is 0 Å². The van der Waals surface area contributed by atoms with Crippen LogP contribution in [0, 0.1) is 0 Å². The van der Waals surface area contributed by atoms with Gasteiger partial charge in [-0.1, -0.05) is 24.3 Å². The van der Waals surface area contributed by atoms with Crippen molar-refractivity contribution in [2.75, 3.05) is 26.8 Å². The lowest BCUT2D eigenvalue weighted by Gasteiger charge is -2.12. The Morgan fingerprint density at radius 3 is 3.13 bits per heavy atom. The van der Waals surface area contributed by atoms with Gasteiger partial charge in [-0.15, -0.1) is 0 Å². The van der Waals surface area contributed by atoms with Gasteiger partial charge in [0.15, 0.2) is 0 Å². The number of methoxy groups -OCH3 is 1. The van der Waals surface area contributed by atoms with Crippen LogP contribution in [0.4, 0.5) is 0 Å². The quantitative estimate of drug-likeness (QED) is 0.742. The van der Waals surface area contributed by atoms with Crippen LogP contribution in [0.1, 0.15) is 23.5 Å². The van der Waals surface area contributed by atoms with Crippen molar-refractivity contribution in [3.8, 4) is 0 Å². The molecule has 0 saturated carbocycles. The fraction of sp³-hybridized carbons (Fsp3) is 0.538. The van der Waals surface area contributed by atoms with Crippen molar-refractivity contribution in [2.45, 2.75) is 18.8 Å². The number of benzene rings is 1. The number of hydrogen-bond acceptors (Lipinski definition) is 2. The molecule has 2 nitrogen and oxygen atoms in total. The minimum absolute atomic E-state index is 0.707. The number of aryl methyl sites for hydroxylation is 1. The predicted molar refractivity (Wildman–Crippen MR) is 62.2 cm³/mol.